The first-order valence-electron chi connectivity index (χ1n) is 7.38. The first kappa shape index (κ1) is 18.3. The molecular formula is C16H30O2Si. The van der Waals surface area contributed by atoms with Crippen LogP contribution in [0.4, 0.5) is 0 Å². The number of allylic oxidation sites excluding steroid dienone is 2. The van der Waals surface area contributed by atoms with Crippen LogP contribution in [0.2, 0.25) is 19.6 Å². The van der Waals surface area contributed by atoms with Crippen LogP contribution in [0.15, 0.2) is 24.8 Å². The molecule has 19 heavy (non-hydrogen) atoms. The highest BCUT2D eigenvalue weighted by molar-refractivity contribution is 6.69. The van der Waals surface area contributed by atoms with Crippen molar-refractivity contribution < 1.29 is 9.22 Å². The van der Waals surface area contributed by atoms with E-state index in [0.717, 1.165) is 19.3 Å². The second kappa shape index (κ2) is 10.2. The molecule has 0 aliphatic heterocycles. The van der Waals surface area contributed by atoms with Crippen LogP contribution in [0.5, 0.6) is 0 Å². The van der Waals surface area contributed by atoms with E-state index in [1.54, 1.807) is 6.08 Å². The molecular weight excluding hydrogens is 252 g/mol. The summed E-state index contributed by atoms with van der Waals surface area (Å²) < 4.78 is 5.95. The van der Waals surface area contributed by atoms with Crippen LogP contribution in [0.25, 0.3) is 0 Å². The van der Waals surface area contributed by atoms with Crippen molar-refractivity contribution in [3.8, 4) is 0 Å². The number of hydrogen-bond donors (Lipinski definition) is 0. The van der Waals surface area contributed by atoms with Crippen molar-refractivity contribution in [1.82, 2.24) is 0 Å². The van der Waals surface area contributed by atoms with Crippen LogP contribution in [0.3, 0.4) is 0 Å². The molecule has 1 aliphatic rings. The number of unbranched alkanes of at least 4 members (excludes halogenated alkanes) is 2. The van der Waals surface area contributed by atoms with Gasteiger partial charge in [-0.2, -0.15) is 0 Å². The maximum absolute atomic E-state index is 10.2. The third-order valence-electron chi connectivity index (χ3n) is 2.72. The SMILES string of the molecule is C=CC(CCCCC)O[Si](C)(C)C.O=C1C=CCC1. The number of rotatable bonds is 7. The normalized spacial score (nSPS) is 15.9. The summed E-state index contributed by atoms with van der Waals surface area (Å²) in [4.78, 5) is 10.2. The lowest BCUT2D eigenvalue weighted by molar-refractivity contribution is -0.114. The van der Waals surface area contributed by atoms with E-state index < -0.39 is 8.32 Å². The Morgan fingerprint density at radius 2 is 2.11 bits per heavy atom. The molecule has 0 radical (unpaired) electrons. The third-order valence-corrected chi connectivity index (χ3v) is 3.73. The van der Waals surface area contributed by atoms with Crippen molar-refractivity contribution in [1.29, 1.82) is 0 Å². The van der Waals surface area contributed by atoms with Crippen LogP contribution in [0.1, 0.15) is 45.4 Å². The average Bonchev–Trinajstić information content (AvgIpc) is 2.78. The molecule has 0 N–H and O–H groups in total. The molecule has 0 fully saturated rings. The molecule has 0 aromatic heterocycles. The fourth-order valence-electron chi connectivity index (χ4n) is 1.80. The molecule has 2 nitrogen and oxygen atoms in total. The van der Waals surface area contributed by atoms with Crippen LogP contribution >= 0.6 is 0 Å². The second-order valence-electron chi connectivity index (χ2n) is 5.91. The van der Waals surface area contributed by atoms with E-state index in [4.69, 9.17) is 4.43 Å². The van der Waals surface area contributed by atoms with Gasteiger partial charge in [-0.1, -0.05) is 38.3 Å². The highest BCUT2D eigenvalue weighted by Gasteiger charge is 2.18. The fourth-order valence-corrected chi connectivity index (χ4v) is 2.92. The van der Waals surface area contributed by atoms with Gasteiger partial charge < -0.3 is 4.43 Å². The monoisotopic (exact) mass is 282 g/mol. The summed E-state index contributed by atoms with van der Waals surface area (Å²) in [5.41, 5.74) is 0. The van der Waals surface area contributed by atoms with Gasteiger partial charge in [0.05, 0.1) is 6.10 Å². The van der Waals surface area contributed by atoms with Crippen LogP contribution in [-0.2, 0) is 9.22 Å². The van der Waals surface area contributed by atoms with Gasteiger partial charge in [0.1, 0.15) is 0 Å². The third kappa shape index (κ3) is 12.1. The van der Waals surface area contributed by atoms with Crippen molar-refractivity contribution in [2.24, 2.45) is 0 Å². The van der Waals surface area contributed by atoms with Crippen molar-refractivity contribution >= 4 is 14.1 Å². The molecule has 0 saturated carbocycles. The lowest BCUT2D eigenvalue weighted by atomic mass is 10.1. The molecule has 0 bridgehead atoms. The molecule has 1 aliphatic carbocycles. The number of carbonyl (C=O) groups is 1. The minimum Gasteiger partial charge on any atom is -0.411 e. The summed E-state index contributed by atoms with van der Waals surface area (Å²) >= 11 is 0. The first-order valence-corrected chi connectivity index (χ1v) is 10.8. The molecule has 0 spiro atoms. The van der Waals surface area contributed by atoms with Crippen molar-refractivity contribution in [2.45, 2.75) is 71.2 Å². The van der Waals surface area contributed by atoms with Crippen molar-refractivity contribution in [2.75, 3.05) is 0 Å². The van der Waals surface area contributed by atoms with Gasteiger partial charge in [0.15, 0.2) is 14.1 Å². The number of ketones is 1. The molecule has 110 valence electrons. The highest BCUT2D eigenvalue weighted by Crippen LogP contribution is 2.13. The number of hydrogen-bond acceptors (Lipinski definition) is 2. The summed E-state index contributed by atoms with van der Waals surface area (Å²) in [7, 11) is -1.37. The Morgan fingerprint density at radius 3 is 2.42 bits per heavy atom. The molecule has 0 aromatic rings. The molecule has 1 rings (SSSR count). The minimum atomic E-state index is -1.37. The predicted molar refractivity (Wildman–Crippen MR) is 85.9 cm³/mol. The zero-order valence-corrected chi connectivity index (χ0v) is 14.1. The largest absolute Gasteiger partial charge is 0.411 e. The standard InChI is InChI=1S/C11H24OSi.C5H6O/c1-6-8-9-10-11(7-2)12-13(3,4)5;6-5-3-1-2-4-5/h7,11H,2,6,8-10H2,1,3-5H3;1,3H,2,4H2. The Labute approximate surface area is 120 Å². The fraction of sp³-hybridized carbons (Fsp3) is 0.688. The summed E-state index contributed by atoms with van der Waals surface area (Å²) in [6, 6.07) is 0. The van der Waals surface area contributed by atoms with Gasteiger partial charge in [-0.05, 0) is 38.6 Å². The van der Waals surface area contributed by atoms with Crippen molar-refractivity contribution in [3.05, 3.63) is 24.8 Å². The molecule has 0 amide bonds. The maximum atomic E-state index is 10.2. The molecule has 3 heteroatoms. The van der Waals surface area contributed by atoms with Gasteiger partial charge in [0, 0.05) is 6.42 Å². The predicted octanol–water partition coefficient (Wildman–Crippen LogP) is 4.88. The topological polar surface area (TPSA) is 26.3 Å². The lowest BCUT2D eigenvalue weighted by Gasteiger charge is -2.23. The van der Waals surface area contributed by atoms with Crippen molar-refractivity contribution in [3.63, 3.8) is 0 Å². The summed E-state index contributed by atoms with van der Waals surface area (Å²) in [5.74, 6) is 0.273. The van der Waals surface area contributed by atoms with Gasteiger partial charge in [-0.25, -0.2) is 0 Å². The van der Waals surface area contributed by atoms with E-state index in [0.29, 0.717) is 6.10 Å². The lowest BCUT2D eigenvalue weighted by Crippen LogP contribution is -2.30. The van der Waals surface area contributed by atoms with Gasteiger partial charge in [-0.3, -0.25) is 4.79 Å². The van der Waals surface area contributed by atoms with Gasteiger partial charge >= 0.3 is 0 Å². The molecule has 1 unspecified atom stereocenters. The van der Waals surface area contributed by atoms with E-state index in [9.17, 15) is 4.79 Å². The zero-order valence-electron chi connectivity index (χ0n) is 13.1. The van der Waals surface area contributed by atoms with E-state index in [-0.39, 0.29) is 5.78 Å². The number of carbonyl (C=O) groups excluding carboxylic acids is 1. The Hall–Kier alpha value is -0.673. The Balaban J connectivity index is 0.000000443. The van der Waals surface area contributed by atoms with E-state index >= 15 is 0 Å². The highest BCUT2D eigenvalue weighted by atomic mass is 28.4. The smallest absolute Gasteiger partial charge is 0.184 e. The Kier molecular flexibility index (Phi) is 9.80. The minimum absolute atomic E-state index is 0.273. The quantitative estimate of drug-likeness (QED) is 0.378. The van der Waals surface area contributed by atoms with E-state index in [1.165, 1.54) is 19.3 Å². The van der Waals surface area contributed by atoms with Gasteiger partial charge in [0.2, 0.25) is 0 Å². The molecule has 0 aromatic carbocycles. The van der Waals surface area contributed by atoms with E-state index in [1.807, 2.05) is 12.2 Å². The van der Waals surface area contributed by atoms with Crippen LogP contribution in [0, 0.1) is 0 Å². The summed E-state index contributed by atoms with van der Waals surface area (Å²) in [6.07, 6.45) is 12.5. The Bertz CT molecular complexity index is 290. The van der Waals surface area contributed by atoms with Gasteiger partial charge in [0.25, 0.3) is 0 Å². The molecule has 1 atom stereocenters. The van der Waals surface area contributed by atoms with Crippen LogP contribution < -0.4 is 0 Å². The molecule has 0 saturated heterocycles. The maximum Gasteiger partial charge on any atom is 0.184 e. The van der Waals surface area contributed by atoms with E-state index in [2.05, 4.69) is 33.1 Å². The molecule has 0 heterocycles. The first-order chi connectivity index (χ1) is 8.89. The summed E-state index contributed by atoms with van der Waals surface area (Å²) in [6.45, 7) is 12.7. The van der Waals surface area contributed by atoms with Gasteiger partial charge in [-0.15, -0.1) is 6.58 Å². The average molecular weight is 283 g/mol. The summed E-state index contributed by atoms with van der Waals surface area (Å²) in [5, 5.41) is 0. The Morgan fingerprint density at radius 1 is 1.42 bits per heavy atom. The zero-order chi connectivity index (χ0) is 14.7. The van der Waals surface area contributed by atoms with Crippen LogP contribution in [-0.4, -0.2) is 20.2 Å². The second-order valence-corrected chi connectivity index (χ2v) is 10.4.